The molecule has 0 fully saturated rings. The number of unbranched alkanes of at least 4 members (excludes halogenated alkanes) is 1. The highest BCUT2D eigenvalue weighted by atomic mass is 15.1. The zero-order valence-corrected chi connectivity index (χ0v) is 12.7. The fraction of sp³-hybridized carbons (Fsp3) is 0.600. The fourth-order valence-corrected chi connectivity index (χ4v) is 2.37. The zero-order chi connectivity index (χ0) is 14.4. The minimum atomic E-state index is 0.643. The van der Waals surface area contributed by atoms with Gasteiger partial charge in [0.1, 0.15) is 11.5 Å². The predicted molar refractivity (Wildman–Crippen MR) is 85.2 cm³/mol. The van der Waals surface area contributed by atoms with Gasteiger partial charge in [-0.2, -0.15) is 9.97 Å². The van der Waals surface area contributed by atoms with Gasteiger partial charge >= 0.3 is 0 Å². The number of fused-ring (bicyclic) bond motifs is 1. The normalized spacial score (nSPS) is 12.6. The Morgan fingerprint density at radius 3 is 2.85 bits per heavy atom. The quantitative estimate of drug-likeness (QED) is 0.688. The van der Waals surface area contributed by atoms with Crippen molar-refractivity contribution in [1.29, 1.82) is 0 Å². The van der Waals surface area contributed by atoms with Crippen molar-refractivity contribution >= 4 is 22.8 Å². The Morgan fingerprint density at radius 1 is 1.30 bits per heavy atom. The maximum absolute atomic E-state index is 4.52. The van der Waals surface area contributed by atoms with Gasteiger partial charge in [0.25, 0.3) is 0 Å². The van der Waals surface area contributed by atoms with Gasteiger partial charge in [0.05, 0.1) is 5.39 Å². The summed E-state index contributed by atoms with van der Waals surface area (Å²) in [6.45, 7) is 5.47. The van der Waals surface area contributed by atoms with Crippen molar-refractivity contribution in [3.05, 3.63) is 12.3 Å². The lowest BCUT2D eigenvalue weighted by Gasteiger charge is -2.16. The first-order chi connectivity index (χ1) is 9.78. The van der Waals surface area contributed by atoms with Gasteiger partial charge in [-0.1, -0.05) is 33.1 Å². The Kier molecular flexibility index (Phi) is 5.21. The van der Waals surface area contributed by atoms with E-state index in [-0.39, 0.29) is 0 Å². The van der Waals surface area contributed by atoms with E-state index in [9.17, 15) is 0 Å². The van der Waals surface area contributed by atoms with Gasteiger partial charge in [0.2, 0.25) is 5.95 Å². The highest BCUT2D eigenvalue weighted by Crippen LogP contribution is 2.22. The van der Waals surface area contributed by atoms with Crippen LogP contribution in [0.25, 0.3) is 11.0 Å². The van der Waals surface area contributed by atoms with Crippen LogP contribution in [0.4, 0.5) is 11.8 Å². The van der Waals surface area contributed by atoms with Crippen LogP contribution in [0.1, 0.15) is 39.5 Å². The lowest BCUT2D eigenvalue weighted by molar-refractivity contribution is 0.472. The molecule has 5 heteroatoms. The molecule has 0 saturated heterocycles. The highest BCUT2D eigenvalue weighted by Gasteiger charge is 2.10. The molecule has 0 aliphatic carbocycles. The third-order valence-corrected chi connectivity index (χ3v) is 3.74. The van der Waals surface area contributed by atoms with Crippen LogP contribution in [0.2, 0.25) is 0 Å². The maximum Gasteiger partial charge on any atom is 0.226 e. The molecule has 2 rings (SSSR count). The second-order valence-corrected chi connectivity index (χ2v) is 5.18. The van der Waals surface area contributed by atoms with E-state index in [1.807, 2.05) is 19.3 Å². The second kappa shape index (κ2) is 7.12. The first kappa shape index (κ1) is 14.6. The fourth-order valence-electron chi connectivity index (χ4n) is 2.37. The standard InChI is InChI=1S/C15H25N5/c1-4-6-7-11(5-2)10-18-14-12-8-9-17-13(12)19-15(16-3)20-14/h8-9,11H,4-7,10H2,1-3H3,(H3,16,17,18,19,20). The first-order valence-electron chi connectivity index (χ1n) is 7.55. The van der Waals surface area contributed by atoms with Gasteiger partial charge in [-0.05, 0) is 18.4 Å². The Labute approximate surface area is 120 Å². The molecule has 0 aliphatic rings. The van der Waals surface area contributed by atoms with Crippen molar-refractivity contribution in [3.63, 3.8) is 0 Å². The van der Waals surface area contributed by atoms with Gasteiger partial charge in [0, 0.05) is 19.8 Å². The molecule has 0 saturated carbocycles. The van der Waals surface area contributed by atoms with Crippen molar-refractivity contribution < 1.29 is 0 Å². The topological polar surface area (TPSA) is 65.6 Å². The third-order valence-electron chi connectivity index (χ3n) is 3.74. The first-order valence-corrected chi connectivity index (χ1v) is 7.55. The summed E-state index contributed by atoms with van der Waals surface area (Å²) in [6.07, 6.45) is 6.94. The van der Waals surface area contributed by atoms with Crippen LogP contribution in [0.5, 0.6) is 0 Å². The van der Waals surface area contributed by atoms with Gasteiger partial charge < -0.3 is 15.6 Å². The number of hydrogen-bond acceptors (Lipinski definition) is 4. The molecule has 0 radical (unpaired) electrons. The molecule has 20 heavy (non-hydrogen) atoms. The minimum Gasteiger partial charge on any atom is -0.369 e. The van der Waals surface area contributed by atoms with Crippen LogP contribution in [-0.4, -0.2) is 28.5 Å². The van der Waals surface area contributed by atoms with Gasteiger partial charge in [-0.25, -0.2) is 0 Å². The van der Waals surface area contributed by atoms with Crippen LogP contribution in [0.3, 0.4) is 0 Å². The largest absolute Gasteiger partial charge is 0.369 e. The van der Waals surface area contributed by atoms with E-state index in [0.29, 0.717) is 11.9 Å². The number of anilines is 2. The number of H-pyrrole nitrogens is 1. The molecule has 1 atom stereocenters. The molecule has 0 aromatic carbocycles. The highest BCUT2D eigenvalue weighted by molar-refractivity contribution is 5.88. The van der Waals surface area contributed by atoms with Gasteiger partial charge in [-0.15, -0.1) is 0 Å². The molecule has 0 bridgehead atoms. The summed E-state index contributed by atoms with van der Waals surface area (Å²) in [5.74, 6) is 2.26. The number of hydrogen-bond donors (Lipinski definition) is 3. The van der Waals surface area contributed by atoms with Crippen LogP contribution in [0.15, 0.2) is 12.3 Å². The summed E-state index contributed by atoms with van der Waals surface area (Å²) < 4.78 is 0. The molecular weight excluding hydrogens is 250 g/mol. The molecule has 3 N–H and O–H groups in total. The van der Waals surface area contributed by atoms with E-state index in [1.165, 1.54) is 25.7 Å². The molecule has 2 aromatic heterocycles. The van der Waals surface area contributed by atoms with E-state index >= 15 is 0 Å². The van der Waals surface area contributed by atoms with Crippen molar-refractivity contribution in [2.75, 3.05) is 24.2 Å². The SMILES string of the molecule is CCCCC(CC)CNc1nc(NC)nc2[nH]ccc12. The van der Waals surface area contributed by atoms with E-state index in [2.05, 4.69) is 39.4 Å². The van der Waals surface area contributed by atoms with Crippen molar-refractivity contribution in [2.45, 2.75) is 39.5 Å². The summed E-state index contributed by atoms with van der Waals surface area (Å²) in [7, 11) is 1.84. The molecule has 110 valence electrons. The Bertz CT molecular complexity index is 534. The van der Waals surface area contributed by atoms with Crippen LogP contribution in [0, 0.1) is 5.92 Å². The Balaban J connectivity index is 2.09. The number of aromatic nitrogens is 3. The molecule has 1 unspecified atom stereocenters. The van der Waals surface area contributed by atoms with Crippen LogP contribution >= 0.6 is 0 Å². The molecular formula is C15H25N5. The monoisotopic (exact) mass is 275 g/mol. The summed E-state index contributed by atoms with van der Waals surface area (Å²) >= 11 is 0. The maximum atomic E-state index is 4.52. The molecule has 2 heterocycles. The average Bonchev–Trinajstić information content (AvgIpc) is 2.95. The van der Waals surface area contributed by atoms with E-state index in [4.69, 9.17) is 0 Å². The Morgan fingerprint density at radius 2 is 2.15 bits per heavy atom. The summed E-state index contributed by atoms with van der Waals surface area (Å²) in [6, 6.07) is 2.02. The number of nitrogens with one attached hydrogen (secondary N) is 3. The van der Waals surface area contributed by atoms with E-state index in [1.54, 1.807) is 0 Å². The third kappa shape index (κ3) is 3.40. The summed E-state index contributed by atoms with van der Waals surface area (Å²) in [5, 5.41) is 7.55. The predicted octanol–water partition coefficient (Wildman–Crippen LogP) is 3.63. The number of rotatable bonds is 8. The molecule has 2 aromatic rings. The molecule has 5 nitrogen and oxygen atoms in total. The van der Waals surface area contributed by atoms with Crippen molar-refractivity contribution in [1.82, 2.24) is 15.0 Å². The van der Waals surface area contributed by atoms with E-state index < -0.39 is 0 Å². The number of aromatic amines is 1. The Hall–Kier alpha value is -1.78. The molecule has 0 aliphatic heterocycles. The minimum absolute atomic E-state index is 0.643. The van der Waals surface area contributed by atoms with Gasteiger partial charge in [0.15, 0.2) is 0 Å². The number of nitrogens with zero attached hydrogens (tertiary/aromatic N) is 2. The average molecular weight is 275 g/mol. The summed E-state index contributed by atoms with van der Waals surface area (Å²) in [4.78, 5) is 12.1. The zero-order valence-electron chi connectivity index (χ0n) is 12.7. The smallest absolute Gasteiger partial charge is 0.226 e. The lowest BCUT2D eigenvalue weighted by Crippen LogP contribution is -2.15. The summed E-state index contributed by atoms with van der Waals surface area (Å²) in [5.41, 5.74) is 0.869. The van der Waals surface area contributed by atoms with Gasteiger partial charge in [-0.3, -0.25) is 0 Å². The van der Waals surface area contributed by atoms with Crippen LogP contribution in [-0.2, 0) is 0 Å². The molecule has 0 spiro atoms. The van der Waals surface area contributed by atoms with E-state index in [0.717, 1.165) is 23.4 Å². The van der Waals surface area contributed by atoms with Crippen molar-refractivity contribution in [2.24, 2.45) is 5.92 Å². The van der Waals surface area contributed by atoms with Crippen molar-refractivity contribution in [3.8, 4) is 0 Å². The molecule has 0 amide bonds. The lowest BCUT2D eigenvalue weighted by atomic mass is 9.99. The second-order valence-electron chi connectivity index (χ2n) is 5.18. The van der Waals surface area contributed by atoms with Crippen LogP contribution < -0.4 is 10.6 Å².